The fraction of sp³-hybridized carbons (Fsp3) is 0.625. The van der Waals surface area contributed by atoms with Crippen LogP contribution >= 0.6 is 0 Å². The number of rotatable bonds is 9. The number of methoxy groups -OCH3 is 1. The standard InChI is InChI=1S/C16H24O4/c1-3-4-5-6-7-13(17)10-8-12-9-11-14(20-2)15(12)16(18)19/h8,10,12H,3-7,9,11H2,1-2H3,(H,18,19). The Bertz CT molecular complexity index is 407. The predicted molar refractivity (Wildman–Crippen MR) is 77.3 cm³/mol. The number of carbonyl (C=O) groups excluding carboxylic acids is 1. The van der Waals surface area contributed by atoms with Gasteiger partial charge >= 0.3 is 5.97 Å². The molecule has 112 valence electrons. The average molecular weight is 280 g/mol. The van der Waals surface area contributed by atoms with Gasteiger partial charge in [-0.2, -0.15) is 0 Å². The minimum Gasteiger partial charge on any atom is -0.501 e. The van der Waals surface area contributed by atoms with E-state index >= 15 is 0 Å². The van der Waals surface area contributed by atoms with Gasteiger partial charge in [-0.1, -0.05) is 32.3 Å². The van der Waals surface area contributed by atoms with Gasteiger partial charge in [0, 0.05) is 18.8 Å². The van der Waals surface area contributed by atoms with Gasteiger partial charge in [-0.25, -0.2) is 4.79 Å². The van der Waals surface area contributed by atoms with E-state index in [-0.39, 0.29) is 11.7 Å². The first-order chi connectivity index (χ1) is 9.60. The van der Waals surface area contributed by atoms with Gasteiger partial charge in [0.1, 0.15) is 5.76 Å². The second-order valence-corrected chi connectivity index (χ2v) is 5.13. The molecule has 1 aliphatic carbocycles. The molecule has 4 heteroatoms. The molecule has 0 spiro atoms. The van der Waals surface area contributed by atoms with Gasteiger partial charge in [0.15, 0.2) is 5.78 Å². The van der Waals surface area contributed by atoms with E-state index in [0.29, 0.717) is 30.6 Å². The number of carboxylic acid groups (broad SMARTS) is 1. The van der Waals surface area contributed by atoms with Crippen molar-refractivity contribution in [2.24, 2.45) is 5.92 Å². The maximum Gasteiger partial charge on any atom is 0.335 e. The minimum absolute atomic E-state index is 0.0803. The minimum atomic E-state index is -0.954. The molecular weight excluding hydrogens is 256 g/mol. The van der Waals surface area contributed by atoms with E-state index in [1.165, 1.54) is 13.2 Å². The van der Waals surface area contributed by atoms with Crippen LogP contribution in [0, 0.1) is 5.92 Å². The first-order valence-corrected chi connectivity index (χ1v) is 7.31. The van der Waals surface area contributed by atoms with Gasteiger partial charge in [0.05, 0.1) is 12.7 Å². The highest BCUT2D eigenvalue weighted by molar-refractivity contribution is 5.91. The zero-order valence-electron chi connectivity index (χ0n) is 12.4. The Morgan fingerprint density at radius 1 is 1.35 bits per heavy atom. The number of unbranched alkanes of at least 4 members (excludes halogenated alkanes) is 3. The van der Waals surface area contributed by atoms with Crippen LogP contribution in [0.5, 0.6) is 0 Å². The Hall–Kier alpha value is -1.58. The molecule has 0 heterocycles. The van der Waals surface area contributed by atoms with Crippen LogP contribution in [0.1, 0.15) is 51.9 Å². The summed E-state index contributed by atoms with van der Waals surface area (Å²) >= 11 is 0. The maximum atomic E-state index is 11.7. The summed E-state index contributed by atoms with van der Waals surface area (Å²) in [6.07, 6.45) is 9.42. The highest BCUT2D eigenvalue weighted by Crippen LogP contribution is 2.33. The first kappa shape index (κ1) is 16.5. The van der Waals surface area contributed by atoms with E-state index in [2.05, 4.69) is 6.92 Å². The molecule has 4 nitrogen and oxygen atoms in total. The monoisotopic (exact) mass is 280 g/mol. The van der Waals surface area contributed by atoms with Gasteiger partial charge < -0.3 is 9.84 Å². The Morgan fingerprint density at radius 3 is 2.70 bits per heavy atom. The smallest absolute Gasteiger partial charge is 0.335 e. The Balaban J connectivity index is 2.51. The topological polar surface area (TPSA) is 63.6 Å². The fourth-order valence-electron chi connectivity index (χ4n) is 2.49. The molecule has 0 fully saturated rings. The summed E-state index contributed by atoms with van der Waals surface area (Å²) in [5, 5.41) is 9.19. The average Bonchev–Trinajstić information content (AvgIpc) is 2.84. The van der Waals surface area contributed by atoms with Crippen molar-refractivity contribution in [1.29, 1.82) is 0 Å². The van der Waals surface area contributed by atoms with Gasteiger partial charge in [-0.05, 0) is 18.9 Å². The Labute approximate surface area is 120 Å². The van der Waals surface area contributed by atoms with Crippen LogP contribution in [0.4, 0.5) is 0 Å². The Morgan fingerprint density at radius 2 is 2.10 bits per heavy atom. The van der Waals surface area contributed by atoms with Gasteiger partial charge in [0.2, 0.25) is 0 Å². The van der Waals surface area contributed by atoms with E-state index in [1.807, 2.05) is 0 Å². The van der Waals surface area contributed by atoms with Crippen molar-refractivity contribution >= 4 is 11.8 Å². The lowest BCUT2D eigenvalue weighted by Gasteiger charge is -2.06. The van der Waals surface area contributed by atoms with Crippen molar-refractivity contribution in [2.45, 2.75) is 51.9 Å². The van der Waals surface area contributed by atoms with Crippen LogP contribution in [-0.2, 0) is 14.3 Å². The quantitative estimate of drug-likeness (QED) is 0.519. The molecular formula is C16H24O4. The summed E-state index contributed by atoms with van der Waals surface area (Å²) in [6.45, 7) is 2.13. The highest BCUT2D eigenvalue weighted by Gasteiger charge is 2.29. The van der Waals surface area contributed by atoms with Crippen molar-refractivity contribution < 1.29 is 19.4 Å². The van der Waals surface area contributed by atoms with Gasteiger partial charge in [-0.15, -0.1) is 0 Å². The summed E-state index contributed by atoms with van der Waals surface area (Å²) in [4.78, 5) is 22.9. The lowest BCUT2D eigenvalue weighted by Crippen LogP contribution is -2.09. The zero-order chi connectivity index (χ0) is 15.0. The van der Waals surface area contributed by atoms with Crippen LogP contribution < -0.4 is 0 Å². The van der Waals surface area contributed by atoms with Crippen LogP contribution in [0.25, 0.3) is 0 Å². The fourth-order valence-corrected chi connectivity index (χ4v) is 2.49. The highest BCUT2D eigenvalue weighted by atomic mass is 16.5. The molecule has 0 saturated heterocycles. The number of carbonyl (C=O) groups is 2. The number of allylic oxidation sites excluding steroid dienone is 3. The third kappa shape index (κ3) is 4.83. The third-order valence-corrected chi connectivity index (χ3v) is 3.62. The molecule has 0 aromatic heterocycles. The number of ketones is 1. The van der Waals surface area contributed by atoms with Crippen molar-refractivity contribution in [3.05, 3.63) is 23.5 Å². The number of carboxylic acids is 1. The van der Waals surface area contributed by atoms with Crippen molar-refractivity contribution in [1.82, 2.24) is 0 Å². The molecule has 1 unspecified atom stereocenters. The molecule has 1 N–H and O–H groups in total. The summed E-state index contributed by atoms with van der Waals surface area (Å²) in [5.74, 6) is -0.550. The molecule has 0 saturated carbocycles. The number of hydrogen-bond acceptors (Lipinski definition) is 3. The number of aliphatic carboxylic acids is 1. The van der Waals surface area contributed by atoms with E-state index < -0.39 is 5.97 Å². The second kappa shape index (κ2) is 8.56. The van der Waals surface area contributed by atoms with E-state index in [1.54, 1.807) is 6.08 Å². The maximum absolute atomic E-state index is 11.7. The molecule has 0 aromatic rings. The summed E-state index contributed by atoms with van der Waals surface area (Å²) in [6, 6.07) is 0. The largest absolute Gasteiger partial charge is 0.501 e. The van der Waals surface area contributed by atoms with Crippen LogP contribution in [-0.4, -0.2) is 24.0 Å². The first-order valence-electron chi connectivity index (χ1n) is 7.31. The van der Waals surface area contributed by atoms with Crippen molar-refractivity contribution in [3.8, 4) is 0 Å². The van der Waals surface area contributed by atoms with Crippen LogP contribution in [0.15, 0.2) is 23.5 Å². The predicted octanol–water partition coefficient (Wildman–Crippen LogP) is 3.48. The van der Waals surface area contributed by atoms with Gasteiger partial charge in [-0.3, -0.25) is 4.79 Å². The molecule has 20 heavy (non-hydrogen) atoms. The summed E-state index contributed by atoms with van der Waals surface area (Å²) in [7, 11) is 1.49. The van der Waals surface area contributed by atoms with E-state index in [0.717, 1.165) is 25.7 Å². The summed E-state index contributed by atoms with van der Waals surface area (Å²) < 4.78 is 5.09. The van der Waals surface area contributed by atoms with E-state index in [9.17, 15) is 14.7 Å². The SMILES string of the molecule is CCCCCCC(=O)C=CC1CCC(OC)=C1C(=O)O. The second-order valence-electron chi connectivity index (χ2n) is 5.13. The Kier molecular flexibility index (Phi) is 7.05. The van der Waals surface area contributed by atoms with Crippen molar-refractivity contribution in [3.63, 3.8) is 0 Å². The zero-order valence-corrected chi connectivity index (χ0v) is 12.4. The number of hydrogen-bond donors (Lipinski definition) is 1. The molecule has 0 radical (unpaired) electrons. The summed E-state index contributed by atoms with van der Waals surface area (Å²) in [5.41, 5.74) is 0.294. The molecule has 1 aliphatic rings. The lowest BCUT2D eigenvalue weighted by atomic mass is 10.00. The van der Waals surface area contributed by atoms with Crippen LogP contribution in [0.2, 0.25) is 0 Å². The third-order valence-electron chi connectivity index (χ3n) is 3.62. The number of ether oxygens (including phenoxy) is 1. The molecule has 0 amide bonds. The molecule has 1 atom stereocenters. The molecule has 0 aromatic carbocycles. The molecule has 0 aliphatic heterocycles. The molecule has 0 bridgehead atoms. The van der Waals surface area contributed by atoms with Crippen molar-refractivity contribution in [2.75, 3.05) is 7.11 Å². The molecule has 1 rings (SSSR count). The normalized spacial score (nSPS) is 18.8. The van der Waals surface area contributed by atoms with Crippen LogP contribution in [0.3, 0.4) is 0 Å². The van der Waals surface area contributed by atoms with Gasteiger partial charge in [0.25, 0.3) is 0 Å². The van der Waals surface area contributed by atoms with E-state index in [4.69, 9.17) is 4.74 Å². The lowest BCUT2D eigenvalue weighted by molar-refractivity contribution is -0.133.